The van der Waals surface area contributed by atoms with Crippen LogP contribution in [0.4, 0.5) is 17.2 Å². The lowest BCUT2D eigenvalue weighted by atomic mass is 10.1. The Bertz CT molecular complexity index is 1580. The summed E-state index contributed by atoms with van der Waals surface area (Å²) in [7, 11) is 0. The maximum absolute atomic E-state index is 12.6. The normalized spacial score (nSPS) is 10.7. The molecule has 10 nitrogen and oxygen atoms in total. The van der Waals surface area contributed by atoms with Crippen LogP contribution in [0.2, 0.25) is 0 Å². The highest BCUT2D eigenvalue weighted by Gasteiger charge is 2.12. The third-order valence-electron chi connectivity index (χ3n) is 5.41. The van der Waals surface area contributed by atoms with E-state index in [9.17, 15) is 19.7 Å². The summed E-state index contributed by atoms with van der Waals surface area (Å²) in [5.74, 6) is 0.423. The van der Waals surface area contributed by atoms with E-state index in [2.05, 4.69) is 25.6 Å². The van der Waals surface area contributed by atoms with E-state index in [1.165, 1.54) is 24.3 Å². The van der Waals surface area contributed by atoms with Gasteiger partial charge in [-0.2, -0.15) is 0 Å². The van der Waals surface area contributed by atoms with Crippen LogP contribution in [0.5, 0.6) is 0 Å². The Morgan fingerprint density at radius 3 is 2.25 bits per heavy atom. The summed E-state index contributed by atoms with van der Waals surface area (Å²) in [5.41, 5.74) is 3.45. The number of nitrogens with zero attached hydrogens (tertiary/aromatic N) is 3. The number of rotatable bonds is 6. The fraction of sp³-hybridized carbons (Fsp3) is 0. The molecule has 0 spiro atoms. The summed E-state index contributed by atoms with van der Waals surface area (Å²) < 4.78 is 0. The van der Waals surface area contributed by atoms with Crippen LogP contribution < -0.4 is 10.6 Å². The summed E-state index contributed by atoms with van der Waals surface area (Å²) in [6.07, 6.45) is 1.60. The number of imidazole rings is 1. The Hall–Kier alpha value is -5.38. The highest BCUT2D eigenvalue weighted by Crippen LogP contribution is 2.24. The van der Waals surface area contributed by atoms with E-state index in [1.54, 1.807) is 66.9 Å². The lowest BCUT2D eigenvalue weighted by molar-refractivity contribution is -0.384. The van der Waals surface area contributed by atoms with Crippen molar-refractivity contribution >= 4 is 40.0 Å². The topological polar surface area (TPSA) is 143 Å². The number of amides is 2. The minimum atomic E-state index is -0.518. The number of aromatic nitrogens is 3. The maximum atomic E-state index is 12.6. The number of benzene rings is 3. The first kappa shape index (κ1) is 22.4. The quantitative estimate of drug-likeness (QED) is 0.230. The van der Waals surface area contributed by atoms with Crippen LogP contribution in [0.25, 0.3) is 22.4 Å². The van der Waals surface area contributed by atoms with Gasteiger partial charge in [0, 0.05) is 40.7 Å². The van der Waals surface area contributed by atoms with Crippen LogP contribution in [-0.4, -0.2) is 31.7 Å². The Morgan fingerprint density at radius 1 is 0.833 bits per heavy atom. The first-order valence-corrected chi connectivity index (χ1v) is 10.8. The Balaban J connectivity index is 1.29. The Morgan fingerprint density at radius 2 is 1.56 bits per heavy atom. The predicted molar refractivity (Wildman–Crippen MR) is 135 cm³/mol. The number of fused-ring (bicyclic) bond motifs is 1. The minimum absolute atomic E-state index is 0.0808. The number of carbonyl (C=O) groups excluding carboxylic acids is 2. The van der Waals surface area contributed by atoms with E-state index in [1.807, 2.05) is 0 Å². The van der Waals surface area contributed by atoms with Crippen LogP contribution in [0, 0.1) is 10.1 Å². The molecule has 0 bridgehead atoms. The predicted octanol–water partition coefficient (Wildman–Crippen LogP) is 5.04. The molecule has 2 amide bonds. The van der Waals surface area contributed by atoms with Crippen molar-refractivity contribution in [3.8, 4) is 11.4 Å². The van der Waals surface area contributed by atoms with Crippen molar-refractivity contribution in [2.24, 2.45) is 0 Å². The number of hydrogen-bond donors (Lipinski definition) is 3. The first-order chi connectivity index (χ1) is 17.5. The third kappa shape index (κ3) is 4.77. The number of nitro benzene ring substituents is 1. The standard InChI is InChI=1S/C26H18N6O4/c33-25(17-6-11-20(12-7-17)32(35)36)28-19-9-4-16(5-10-19)24-29-21-13-8-18(15-22(21)30-24)26(34)31-23-3-1-2-14-27-23/h1-15H,(H,28,33)(H,29,30)(H,27,31,34). The summed E-state index contributed by atoms with van der Waals surface area (Å²) in [6.45, 7) is 0. The summed E-state index contributed by atoms with van der Waals surface area (Å²) in [6, 6.07) is 22.9. The summed E-state index contributed by atoms with van der Waals surface area (Å²) in [4.78, 5) is 47.2. The highest BCUT2D eigenvalue weighted by atomic mass is 16.6. The fourth-order valence-electron chi connectivity index (χ4n) is 3.56. The van der Waals surface area contributed by atoms with Crippen molar-refractivity contribution in [3.05, 3.63) is 112 Å². The molecule has 0 saturated carbocycles. The smallest absolute Gasteiger partial charge is 0.269 e. The molecule has 5 rings (SSSR count). The fourth-order valence-corrected chi connectivity index (χ4v) is 3.56. The molecular weight excluding hydrogens is 460 g/mol. The summed E-state index contributed by atoms with van der Waals surface area (Å²) in [5, 5.41) is 16.3. The van der Waals surface area contributed by atoms with Gasteiger partial charge in [-0.05, 0) is 66.7 Å². The van der Waals surface area contributed by atoms with Crippen molar-refractivity contribution in [2.75, 3.05) is 10.6 Å². The minimum Gasteiger partial charge on any atom is -0.338 e. The molecule has 2 heterocycles. The molecule has 2 aromatic heterocycles. The molecule has 0 fully saturated rings. The van der Waals surface area contributed by atoms with E-state index in [0.29, 0.717) is 39.5 Å². The number of nitrogens with one attached hydrogen (secondary N) is 3. The molecule has 3 N–H and O–H groups in total. The molecule has 5 aromatic rings. The maximum Gasteiger partial charge on any atom is 0.269 e. The zero-order valence-corrected chi connectivity index (χ0v) is 18.6. The average Bonchev–Trinajstić information content (AvgIpc) is 3.33. The van der Waals surface area contributed by atoms with Gasteiger partial charge in [-0.3, -0.25) is 19.7 Å². The molecule has 10 heteroatoms. The molecule has 0 radical (unpaired) electrons. The van der Waals surface area contributed by atoms with Crippen molar-refractivity contribution < 1.29 is 14.5 Å². The van der Waals surface area contributed by atoms with Gasteiger partial charge in [0.1, 0.15) is 11.6 Å². The average molecular weight is 478 g/mol. The number of nitro groups is 1. The second-order valence-corrected chi connectivity index (χ2v) is 7.82. The number of non-ortho nitro benzene ring substituents is 1. The van der Waals surface area contributed by atoms with Crippen LogP contribution in [0.1, 0.15) is 20.7 Å². The number of carbonyl (C=O) groups is 2. The van der Waals surface area contributed by atoms with Crippen molar-refractivity contribution in [2.45, 2.75) is 0 Å². The molecule has 0 aliphatic rings. The van der Waals surface area contributed by atoms with Gasteiger partial charge in [0.25, 0.3) is 17.5 Å². The number of anilines is 2. The van der Waals surface area contributed by atoms with Gasteiger partial charge < -0.3 is 15.6 Å². The van der Waals surface area contributed by atoms with Crippen molar-refractivity contribution in [1.29, 1.82) is 0 Å². The van der Waals surface area contributed by atoms with Crippen LogP contribution in [0.15, 0.2) is 91.1 Å². The van der Waals surface area contributed by atoms with Gasteiger partial charge in [-0.1, -0.05) is 6.07 Å². The Kier molecular flexibility index (Phi) is 5.90. The zero-order chi connectivity index (χ0) is 25.1. The van der Waals surface area contributed by atoms with Crippen molar-refractivity contribution in [1.82, 2.24) is 15.0 Å². The van der Waals surface area contributed by atoms with Gasteiger partial charge in [0.15, 0.2) is 0 Å². The lowest BCUT2D eigenvalue weighted by Crippen LogP contribution is -2.12. The van der Waals surface area contributed by atoms with Crippen LogP contribution >= 0.6 is 0 Å². The van der Waals surface area contributed by atoms with E-state index in [0.717, 1.165) is 5.56 Å². The van der Waals surface area contributed by atoms with E-state index in [4.69, 9.17) is 0 Å². The Labute approximate surface area is 204 Å². The molecule has 36 heavy (non-hydrogen) atoms. The van der Waals surface area contributed by atoms with Gasteiger partial charge >= 0.3 is 0 Å². The molecule has 0 atom stereocenters. The molecule has 0 saturated heterocycles. The summed E-state index contributed by atoms with van der Waals surface area (Å²) >= 11 is 0. The molecule has 3 aromatic carbocycles. The monoisotopic (exact) mass is 478 g/mol. The molecule has 0 aliphatic carbocycles. The van der Waals surface area contributed by atoms with Crippen LogP contribution in [-0.2, 0) is 0 Å². The number of aromatic amines is 1. The molecule has 0 aliphatic heterocycles. The molecular formula is C26H18N6O4. The highest BCUT2D eigenvalue weighted by molar-refractivity contribution is 6.06. The van der Waals surface area contributed by atoms with Gasteiger partial charge in [0.05, 0.1) is 16.0 Å². The van der Waals surface area contributed by atoms with Crippen molar-refractivity contribution in [3.63, 3.8) is 0 Å². The van der Waals surface area contributed by atoms with Gasteiger partial charge in [-0.25, -0.2) is 9.97 Å². The van der Waals surface area contributed by atoms with Gasteiger partial charge in [-0.15, -0.1) is 0 Å². The van der Waals surface area contributed by atoms with E-state index < -0.39 is 4.92 Å². The number of H-pyrrole nitrogens is 1. The van der Waals surface area contributed by atoms with Crippen LogP contribution in [0.3, 0.4) is 0 Å². The lowest BCUT2D eigenvalue weighted by Gasteiger charge is -2.06. The third-order valence-corrected chi connectivity index (χ3v) is 5.41. The van der Waals surface area contributed by atoms with Gasteiger partial charge in [0.2, 0.25) is 0 Å². The molecule has 0 unspecified atom stereocenters. The number of pyridine rings is 1. The first-order valence-electron chi connectivity index (χ1n) is 10.8. The largest absolute Gasteiger partial charge is 0.338 e. The van der Waals surface area contributed by atoms with E-state index >= 15 is 0 Å². The SMILES string of the molecule is O=C(Nc1ccc(-c2nc3ccc(C(=O)Nc4ccccn4)cc3[nH]2)cc1)c1ccc([N+](=O)[O-])cc1. The second kappa shape index (κ2) is 9.47. The number of hydrogen-bond acceptors (Lipinski definition) is 6. The second-order valence-electron chi connectivity index (χ2n) is 7.82. The zero-order valence-electron chi connectivity index (χ0n) is 18.6. The molecule has 176 valence electrons. The van der Waals surface area contributed by atoms with E-state index in [-0.39, 0.29) is 17.5 Å².